The van der Waals surface area contributed by atoms with E-state index in [1.807, 2.05) is 19.1 Å². The number of rotatable bonds is 9. The number of anilines is 1. The molecule has 3 aromatic carbocycles. The lowest BCUT2D eigenvalue weighted by Gasteiger charge is -2.20. The molecule has 0 aromatic heterocycles. The maximum atomic E-state index is 13.0. The van der Waals surface area contributed by atoms with Gasteiger partial charge >= 0.3 is 5.97 Å². The zero-order valence-electron chi connectivity index (χ0n) is 18.1. The lowest BCUT2D eigenvalue weighted by atomic mass is 10.2. The fourth-order valence-corrected chi connectivity index (χ4v) is 4.13. The van der Waals surface area contributed by atoms with E-state index in [0.29, 0.717) is 17.2 Å². The van der Waals surface area contributed by atoms with Gasteiger partial charge in [0.2, 0.25) is 0 Å². The summed E-state index contributed by atoms with van der Waals surface area (Å²) in [7, 11) is -0.784. The lowest BCUT2D eigenvalue weighted by molar-refractivity contribution is 0.0450. The first-order chi connectivity index (χ1) is 15.3. The molecule has 0 aliphatic carbocycles. The fourth-order valence-electron chi connectivity index (χ4n) is 2.88. The topological polar surface area (TPSA) is 82.1 Å². The predicted molar refractivity (Wildman–Crippen MR) is 122 cm³/mol. The first-order valence-corrected chi connectivity index (χ1v) is 11.3. The third-order valence-corrected chi connectivity index (χ3v) is 6.55. The van der Waals surface area contributed by atoms with Crippen LogP contribution in [-0.2, 0) is 14.8 Å². The Kier molecular flexibility index (Phi) is 7.37. The van der Waals surface area contributed by atoms with Crippen LogP contribution >= 0.6 is 0 Å². The number of carbonyl (C=O) groups is 1. The van der Waals surface area contributed by atoms with Gasteiger partial charge in [0.25, 0.3) is 10.0 Å². The molecular weight excluding hydrogens is 430 g/mol. The van der Waals surface area contributed by atoms with Gasteiger partial charge < -0.3 is 14.2 Å². The monoisotopic (exact) mass is 455 g/mol. The highest BCUT2D eigenvalue weighted by molar-refractivity contribution is 7.92. The molecule has 0 bridgehead atoms. The second-order valence-corrected chi connectivity index (χ2v) is 8.97. The molecule has 8 heteroatoms. The number of carbonyl (C=O) groups excluding carboxylic acids is 1. The largest absolute Gasteiger partial charge is 0.497 e. The van der Waals surface area contributed by atoms with Gasteiger partial charge in [-0.25, -0.2) is 13.2 Å². The number of methoxy groups -OCH3 is 1. The van der Waals surface area contributed by atoms with Gasteiger partial charge in [-0.2, -0.15) is 0 Å². The summed E-state index contributed by atoms with van der Waals surface area (Å²) in [6, 6.07) is 19.9. The van der Waals surface area contributed by atoms with Crippen LogP contribution < -0.4 is 13.8 Å². The van der Waals surface area contributed by atoms with E-state index in [9.17, 15) is 13.2 Å². The summed E-state index contributed by atoms with van der Waals surface area (Å²) in [5.74, 6) is 0.707. The molecule has 0 fully saturated rings. The van der Waals surface area contributed by atoms with E-state index in [-0.39, 0.29) is 23.7 Å². The normalized spacial score (nSPS) is 11.0. The predicted octanol–water partition coefficient (Wildman–Crippen LogP) is 4.06. The van der Waals surface area contributed by atoms with Gasteiger partial charge in [-0.3, -0.25) is 4.31 Å². The SMILES string of the molecule is COc1ccc(OCCOC(=O)c2cccc(S(=O)(=O)N(C)c3ccc(C)cc3)c2)cc1. The minimum absolute atomic E-state index is 0.00417. The highest BCUT2D eigenvalue weighted by Crippen LogP contribution is 2.23. The lowest BCUT2D eigenvalue weighted by Crippen LogP contribution is -2.26. The molecule has 3 rings (SSSR count). The standard InChI is InChI=1S/C24H25NO6S/c1-18-7-9-20(10-8-18)25(2)32(27,28)23-6-4-5-19(17-23)24(26)31-16-15-30-22-13-11-21(29-3)12-14-22/h4-14,17H,15-16H2,1-3H3. The number of ether oxygens (including phenoxy) is 3. The summed E-state index contributed by atoms with van der Waals surface area (Å²) in [4.78, 5) is 12.4. The van der Waals surface area contributed by atoms with E-state index in [1.54, 1.807) is 43.5 Å². The van der Waals surface area contributed by atoms with Crippen molar-refractivity contribution in [1.29, 1.82) is 0 Å². The number of aryl methyl sites for hydroxylation is 1. The van der Waals surface area contributed by atoms with E-state index in [2.05, 4.69) is 0 Å². The molecule has 0 spiro atoms. The highest BCUT2D eigenvalue weighted by Gasteiger charge is 2.22. The molecule has 0 radical (unpaired) electrons. The number of nitrogens with zero attached hydrogens (tertiary/aromatic N) is 1. The average molecular weight is 456 g/mol. The van der Waals surface area contributed by atoms with E-state index in [4.69, 9.17) is 14.2 Å². The number of hydrogen-bond acceptors (Lipinski definition) is 6. The second kappa shape index (κ2) is 10.2. The van der Waals surface area contributed by atoms with Gasteiger partial charge in [0.05, 0.1) is 23.3 Å². The minimum atomic E-state index is -3.84. The molecule has 0 saturated heterocycles. The molecule has 3 aromatic rings. The maximum Gasteiger partial charge on any atom is 0.338 e. The Labute approximate surface area is 188 Å². The Morgan fingerprint density at radius 2 is 1.56 bits per heavy atom. The van der Waals surface area contributed by atoms with Gasteiger partial charge in [0.1, 0.15) is 24.7 Å². The molecule has 0 aliphatic heterocycles. The zero-order valence-corrected chi connectivity index (χ0v) is 19.0. The van der Waals surface area contributed by atoms with Crippen molar-refractivity contribution in [2.24, 2.45) is 0 Å². The third-order valence-electron chi connectivity index (χ3n) is 4.77. The zero-order chi connectivity index (χ0) is 23.1. The molecule has 7 nitrogen and oxygen atoms in total. The maximum absolute atomic E-state index is 13.0. The molecule has 0 heterocycles. The van der Waals surface area contributed by atoms with Crippen molar-refractivity contribution >= 4 is 21.7 Å². The fraction of sp³-hybridized carbons (Fsp3) is 0.208. The van der Waals surface area contributed by atoms with E-state index in [0.717, 1.165) is 5.56 Å². The molecule has 0 unspecified atom stereocenters. The minimum Gasteiger partial charge on any atom is -0.497 e. The van der Waals surface area contributed by atoms with Crippen molar-refractivity contribution in [2.75, 3.05) is 31.7 Å². The van der Waals surface area contributed by atoms with E-state index in [1.165, 1.54) is 35.6 Å². The Bertz CT molecular complexity index is 1160. The van der Waals surface area contributed by atoms with Gasteiger partial charge in [0, 0.05) is 7.05 Å². The van der Waals surface area contributed by atoms with Gasteiger partial charge in [-0.1, -0.05) is 23.8 Å². The van der Waals surface area contributed by atoms with Crippen LogP contribution in [-0.4, -0.2) is 41.8 Å². The first kappa shape index (κ1) is 23.1. The van der Waals surface area contributed by atoms with Crippen molar-refractivity contribution in [3.8, 4) is 11.5 Å². The Hall–Kier alpha value is -3.52. The van der Waals surface area contributed by atoms with Crippen molar-refractivity contribution in [3.63, 3.8) is 0 Å². The van der Waals surface area contributed by atoms with Gasteiger partial charge in [0.15, 0.2) is 0 Å². The quantitative estimate of drug-likeness (QED) is 0.357. The smallest absolute Gasteiger partial charge is 0.338 e. The average Bonchev–Trinajstić information content (AvgIpc) is 2.82. The Balaban J connectivity index is 1.61. The van der Waals surface area contributed by atoms with Crippen molar-refractivity contribution in [3.05, 3.63) is 83.9 Å². The van der Waals surface area contributed by atoms with Crippen LogP contribution in [0.5, 0.6) is 11.5 Å². The first-order valence-electron chi connectivity index (χ1n) is 9.91. The van der Waals surface area contributed by atoms with Crippen molar-refractivity contribution < 1.29 is 27.4 Å². The van der Waals surface area contributed by atoms with Crippen molar-refractivity contribution in [2.45, 2.75) is 11.8 Å². The highest BCUT2D eigenvalue weighted by atomic mass is 32.2. The summed E-state index contributed by atoms with van der Waals surface area (Å²) in [5.41, 5.74) is 1.70. The molecule has 0 N–H and O–H groups in total. The molecule has 0 amide bonds. The van der Waals surface area contributed by atoms with Crippen LogP contribution in [0.2, 0.25) is 0 Å². The second-order valence-electron chi connectivity index (χ2n) is 7.00. The molecule has 0 atom stereocenters. The Morgan fingerprint density at radius 1 is 0.906 bits per heavy atom. The number of esters is 1. The van der Waals surface area contributed by atoms with E-state index >= 15 is 0 Å². The molecule has 0 aliphatic rings. The van der Waals surface area contributed by atoms with Crippen LogP contribution in [0.15, 0.2) is 77.7 Å². The van der Waals surface area contributed by atoms with Crippen LogP contribution in [0.3, 0.4) is 0 Å². The third kappa shape index (κ3) is 5.59. The summed E-state index contributed by atoms with van der Waals surface area (Å²) in [6.45, 7) is 2.10. The van der Waals surface area contributed by atoms with Gasteiger partial charge in [-0.15, -0.1) is 0 Å². The summed E-state index contributed by atoms with van der Waals surface area (Å²) in [6.07, 6.45) is 0. The van der Waals surface area contributed by atoms with Crippen LogP contribution in [0.25, 0.3) is 0 Å². The number of benzene rings is 3. The molecular formula is C24H25NO6S. The Morgan fingerprint density at radius 3 is 2.22 bits per heavy atom. The molecule has 32 heavy (non-hydrogen) atoms. The summed E-state index contributed by atoms with van der Waals surface area (Å²) < 4.78 is 43.0. The van der Waals surface area contributed by atoms with Gasteiger partial charge in [-0.05, 0) is 61.5 Å². The summed E-state index contributed by atoms with van der Waals surface area (Å²) >= 11 is 0. The summed E-state index contributed by atoms with van der Waals surface area (Å²) in [5, 5.41) is 0. The van der Waals surface area contributed by atoms with Crippen LogP contribution in [0, 0.1) is 6.92 Å². The van der Waals surface area contributed by atoms with Crippen LogP contribution in [0.1, 0.15) is 15.9 Å². The molecule has 0 saturated carbocycles. The van der Waals surface area contributed by atoms with Crippen LogP contribution in [0.4, 0.5) is 5.69 Å². The molecule has 168 valence electrons. The number of sulfonamides is 1. The van der Waals surface area contributed by atoms with Crippen molar-refractivity contribution in [1.82, 2.24) is 0 Å². The number of hydrogen-bond donors (Lipinski definition) is 0. The van der Waals surface area contributed by atoms with E-state index < -0.39 is 16.0 Å².